The first-order valence-corrected chi connectivity index (χ1v) is 7.23. The van der Waals surface area contributed by atoms with Crippen molar-refractivity contribution in [2.45, 2.75) is 37.5 Å². The van der Waals surface area contributed by atoms with Gasteiger partial charge in [-0.15, -0.1) is 0 Å². The lowest BCUT2D eigenvalue weighted by molar-refractivity contribution is 0.0982. The Bertz CT molecular complexity index is 553. The van der Waals surface area contributed by atoms with Crippen molar-refractivity contribution in [2.24, 2.45) is 5.73 Å². The van der Waals surface area contributed by atoms with Gasteiger partial charge in [0.15, 0.2) is 5.78 Å². The second kappa shape index (κ2) is 5.09. The molecular formula is C16H21NO3. The van der Waals surface area contributed by atoms with Crippen molar-refractivity contribution in [1.29, 1.82) is 0 Å². The van der Waals surface area contributed by atoms with Crippen LogP contribution in [-0.2, 0) is 0 Å². The van der Waals surface area contributed by atoms with E-state index in [1.165, 1.54) is 24.0 Å². The summed E-state index contributed by atoms with van der Waals surface area (Å²) in [6.45, 7) is 0.355. The highest BCUT2D eigenvalue weighted by molar-refractivity contribution is 6.00. The van der Waals surface area contributed by atoms with Gasteiger partial charge in [-0.25, -0.2) is 0 Å². The van der Waals surface area contributed by atoms with Crippen LogP contribution in [0.5, 0.6) is 11.5 Å². The molecule has 1 saturated carbocycles. The van der Waals surface area contributed by atoms with Crippen LogP contribution >= 0.6 is 0 Å². The molecule has 2 bridgehead atoms. The van der Waals surface area contributed by atoms with Crippen LogP contribution in [0.3, 0.4) is 0 Å². The topological polar surface area (TPSA) is 61.5 Å². The normalized spacial score (nSPS) is 22.8. The maximum absolute atomic E-state index is 12.3. The number of hydrogen-bond donors (Lipinski definition) is 1. The predicted molar refractivity (Wildman–Crippen MR) is 76.9 cm³/mol. The molecule has 2 aliphatic rings. The zero-order chi connectivity index (χ0) is 14.3. The van der Waals surface area contributed by atoms with E-state index in [2.05, 4.69) is 0 Å². The third kappa shape index (κ3) is 1.82. The third-order valence-electron chi connectivity index (χ3n) is 4.67. The minimum absolute atomic E-state index is 0.0354. The minimum atomic E-state index is 0.0354. The van der Waals surface area contributed by atoms with Crippen LogP contribution in [0.2, 0.25) is 0 Å². The Balaban J connectivity index is 2.18. The van der Waals surface area contributed by atoms with E-state index in [-0.39, 0.29) is 5.78 Å². The van der Waals surface area contributed by atoms with E-state index in [0.717, 1.165) is 17.9 Å². The molecule has 0 spiro atoms. The van der Waals surface area contributed by atoms with Gasteiger partial charge < -0.3 is 15.2 Å². The molecule has 0 amide bonds. The number of nitrogens with two attached hydrogens (primary N) is 1. The Kier molecular flexibility index (Phi) is 3.42. The number of carbonyl (C=O) groups excluding carboxylic acids is 1. The average molecular weight is 275 g/mol. The molecule has 108 valence electrons. The number of Topliss-reactive ketones (excluding diaryl/α,β-unsaturated/α-hetero) is 1. The monoisotopic (exact) mass is 275 g/mol. The average Bonchev–Trinajstić information content (AvgIpc) is 3.07. The summed E-state index contributed by atoms with van der Waals surface area (Å²) in [5, 5.41) is 0. The van der Waals surface area contributed by atoms with Gasteiger partial charge in [0.2, 0.25) is 0 Å². The summed E-state index contributed by atoms with van der Waals surface area (Å²) in [5.74, 6) is 2.72. The van der Waals surface area contributed by atoms with Crippen molar-refractivity contribution in [3.63, 3.8) is 0 Å². The second-order valence-corrected chi connectivity index (χ2v) is 5.66. The summed E-state index contributed by atoms with van der Waals surface area (Å²) in [7, 11) is 3.32. The van der Waals surface area contributed by atoms with Gasteiger partial charge in [-0.3, -0.25) is 4.79 Å². The molecule has 2 aliphatic carbocycles. The van der Waals surface area contributed by atoms with Crippen LogP contribution in [0.25, 0.3) is 0 Å². The van der Waals surface area contributed by atoms with E-state index in [1.54, 1.807) is 14.2 Å². The fourth-order valence-electron chi connectivity index (χ4n) is 3.87. The van der Waals surface area contributed by atoms with Gasteiger partial charge in [-0.05, 0) is 43.7 Å². The molecule has 3 rings (SSSR count). The number of ether oxygens (including phenoxy) is 2. The molecule has 0 heterocycles. The van der Waals surface area contributed by atoms with E-state index in [9.17, 15) is 4.79 Å². The van der Waals surface area contributed by atoms with Gasteiger partial charge in [-0.2, -0.15) is 0 Å². The number of benzene rings is 1. The van der Waals surface area contributed by atoms with E-state index in [1.807, 2.05) is 6.07 Å². The Morgan fingerprint density at radius 1 is 1.25 bits per heavy atom. The van der Waals surface area contributed by atoms with Crippen molar-refractivity contribution < 1.29 is 14.3 Å². The molecule has 4 nitrogen and oxygen atoms in total. The van der Waals surface area contributed by atoms with Gasteiger partial charge in [0.1, 0.15) is 11.5 Å². The van der Waals surface area contributed by atoms with Crippen LogP contribution in [0.4, 0.5) is 0 Å². The van der Waals surface area contributed by atoms with Gasteiger partial charge in [0, 0.05) is 17.5 Å². The first-order valence-electron chi connectivity index (χ1n) is 7.23. The largest absolute Gasteiger partial charge is 0.496 e. The van der Waals surface area contributed by atoms with E-state index < -0.39 is 0 Å². The molecule has 4 heteroatoms. The lowest BCUT2D eigenvalue weighted by atomic mass is 9.87. The summed E-state index contributed by atoms with van der Waals surface area (Å²) in [4.78, 5) is 12.3. The maximum atomic E-state index is 12.3. The van der Waals surface area contributed by atoms with Crippen molar-refractivity contribution in [1.82, 2.24) is 0 Å². The number of methoxy groups -OCH3 is 2. The van der Waals surface area contributed by atoms with E-state index in [4.69, 9.17) is 15.2 Å². The van der Waals surface area contributed by atoms with Crippen molar-refractivity contribution in [3.05, 3.63) is 22.8 Å². The molecule has 1 aromatic carbocycles. The zero-order valence-corrected chi connectivity index (χ0v) is 12.1. The number of ketones is 1. The highest BCUT2D eigenvalue weighted by Gasteiger charge is 2.42. The lowest BCUT2D eigenvalue weighted by Gasteiger charge is -2.23. The fourth-order valence-corrected chi connectivity index (χ4v) is 3.87. The molecule has 0 aromatic heterocycles. The quantitative estimate of drug-likeness (QED) is 0.839. The second-order valence-electron chi connectivity index (χ2n) is 5.66. The standard InChI is InChI=1S/C16H21NO3/c1-19-13-8-11(12(18)5-6-17)16(20-2)15-10-4-3-9(7-10)14(13)15/h8-10H,3-7,17H2,1-2H3. The Morgan fingerprint density at radius 2 is 1.95 bits per heavy atom. The van der Waals surface area contributed by atoms with Crippen LogP contribution in [0.15, 0.2) is 6.07 Å². The zero-order valence-electron chi connectivity index (χ0n) is 12.1. The molecule has 0 saturated heterocycles. The van der Waals surface area contributed by atoms with E-state index in [0.29, 0.717) is 30.4 Å². The molecule has 1 aromatic rings. The smallest absolute Gasteiger partial charge is 0.168 e. The number of rotatable bonds is 5. The minimum Gasteiger partial charge on any atom is -0.496 e. The summed E-state index contributed by atoms with van der Waals surface area (Å²) >= 11 is 0. The Hall–Kier alpha value is -1.55. The number of fused-ring (bicyclic) bond motifs is 5. The first kappa shape index (κ1) is 13.4. The molecule has 0 radical (unpaired) electrons. The molecule has 2 atom stereocenters. The highest BCUT2D eigenvalue weighted by Crippen LogP contribution is 2.59. The molecule has 2 unspecified atom stereocenters. The van der Waals surface area contributed by atoms with Gasteiger partial charge in [0.25, 0.3) is 0 Å². The fraction of sp³-hybridized carbons (Fsp3) is 0.562. The Morgan fingerprint density at radius 3 is 2.55 bits per heavy atom. The van der Waals surface area contributed by atoms with Crippen molar-refractivity contribution in [3.8, 4) is 11.5 Å². The Labute approximate surface area is 119 Å². The SMILES string of the molecule is COc1cc(C(=O)CCN)c(OC)c2c1C1CCC2C1. The van der Waals surface area contributed by atoms with Crippen molar-refractivity contribution in [2.75, 3.05) is 20.8 Å². The molecule has 20 heavy (non-hydrogen) atoms. The van der Waals surface area contributed by atoms with Gasteiger partial charge >= 0.3 is 0 Å². The third-order valence-corrected chi connectivity index (χ3v) is 4.67. The molecule has 0 aliphatic heterocycles. The summed E-state index contributed by atoms with van der Waals surface area (Å²) in [5.41, 5.74) is 8.62. The molecular weight excluding hydrogens is 254 g/mol. The van der Waals surface area contributed by atoms with E-state index >= 15 is 0 Å². The van der Waals surface area contributed by atoms with Crippen LogP contribution in [-0.4, -0.2) is 26.5 Å². The number of carbonyl (C=O) groups is 1. The van der Waals surface area contributed by atoms with Crippen molar-refractivity contribution >= 4 is 5.78 Å². The lowest BCUT2D eigenvalue weighted by Crippen LogP contribution is -2.13. The first-order chi connectivity index (χ1) is 9.71. The summed E-state index contributed by atoms with van der Waals surface area (Å²) < 4.78 is 11.1. The maximum Gasteiger partial charge on any atom is 0.168 e. The molecule has 1 fully saturated rings. The van der Waals surface area contributed by atoms with Crippen LogP contribution in [0, 0.1) is 0 Å². The highest BCUT2D eigenvalue weighted by atomic mass is 16.5. The van der Waals surface area contributed by atoms with Crippen LogP contribution < -0.4 is 15.2 Å². The summed E-state index contributed by atoms with van der Waals surface area (Å²) in [6, 6.07) is 1.84. The van der Waals surface area contributed by atoms with Crippen LogP contribution in [0.1, 0.15) is 59.0 Å². The van der Waals surface area contributed by atoms with Gasteiger partial charge in [0.05, 0.1) is 19.8 Å². The number of hydrogen-bond acceptors (Lipinski definition) is 4. The summed E-state index contributed by atoms with van der Waals surface area (Å²) in [6.07, 6.45) is 3.90. The predicted octanol–water partition coefficient (Wildman–Crippen LogP) is 2.60. The molecule has 2 N–H and O–H groups in total. The van der Waals surface area contributed by atoms with Gasteiger partial charge in [-0.1, -0.05) is 0 Å².